The van der Waals surface area contributed by atoms with Gasteiger partial charge in [0.05, 0.1) is 13.1 Å². The number of carbonyl (C=O) groups is 1. The molecule has 0 saturated carbocycles. The summed E-state index contributed by atoms with van der Waals surface area (Å²) in [5.74, 6) is 5.72. The first-order valence-corrected chi connectivity index (χ1v) is 5.16. The van der Waals surface area contributed by atoms with E-state index in [4.69, 9.17) is 5.73 Å². The van der Waals surface area contributed by atoms with E-state index >= 15 is 0 Å². The van der Waals surface area contributed by atoms with Crippen molar-refractivity contribution in [2.75, 3.05) is 13.1 Å². The highest BCUT2D eigenvalue weighted by Crippen LogP contribution is 2.08. The highest BCUT2D eigenvalue weighted by Gasteiger charge is 1.94. The average Bonchev–Trinajstić information content (AvgIpc) is 2.26. The third kappa shape index (κ3) is 3.76. The molecule has 0 aliphatic rings. The van der Waals surface area contributed by atoms with Crippen LogP contribution < -0.4 is 11.1 Å². The van der Waals surface area contributed by atoms with Crippen LogP contribution in [-0.4, -0.2) is 19.0 Å². The molecule has 0 spiro atoms. The first kappa shape index (κ1) is 12.3. The van der Waals surface area contributed by atoms with Crippen LogP contribution in [0, 0.1) is 25.7 Å². The van der Waals surface area contributed by atoms with Crippen LogP contribution in [0.25, 0.3) is 0 Å². The first-order valence-electron chi connectivity index (χ1n) is 5.16. The zero-order valence-corrected chi connectivity index (χ0v) is 9.63. The topological polar surface area (TPSA) is 55.1 Å². The van der Waals surface area contributed by atoms with Gasteiger partial charge in [0.25, 0.3) is 0 Å². The number of carbonyl (C=O) groups excluding carboxylic acids is 1. The molecular formula is C13H16N2O. The van der Waals surface area contributed by atoms with E-state index < -0.39 is 0 Å². The normalized spacial score (nSPS) is 9.19. The molecule has 0 heterocycles. The monoisotopic (exact) mass is 216 g/mol. The summed E-state index contributed by atoms with van der Waals surface area (Å²) < 4.78 is 0. The Hall–Kier alpha value is -1.79. The third-order valence-corrected chi connectivity index (χ3v) is 2.16. The number of amides is 1. The Morgan fingerprint density at radius 3 is 2.81 bits per heavy atom. The molecule has 0 saturated heterocycles. The van der Waals surface area contributed by atoms with Crippen LogP contribution in [0.1, 0.15) is 16.7 Å². The quantitative estimate of drug-likeness (QED) is 0.716. The number of hydrogen-bond acceptors (Lipinski definition) is 2. The fourth-order valence-corrected chi connectivity index (χ4v) is 1.31. The van der Waals surface area contributed by atoms with Crippen molar-refractivity contribution < 1.29 is 4.79 Å². The molecule has 1 amide bonds. The maximum atomic E-state index is 10.8. The second-order valence-corrected chi connectivity index (χ2v) is 3.60. The highest BCUT2D eigenvalue weighted by atomic mass is 16.1. The zero-order valence-electron chi connectivity index (χ0n) is 9.63. The molecule has 84 valence electrons. The van der Waals surface area contributed by atoms with E-state index in [1.165, 1.54) is 5.56 Å². The third-order valence-electron chi connectivity index (χ3n) is 2.16. The lowest BCUT2D eigenvalue weighted by Crippen LogP contribution is -2.30. The molecule has 3 nitrogen and oxygen atoms in total. The fourth-order valence-electron chi connectivity index (χ4n) is 1.31. The Morgan fingerprint density at radius 2 is 2.19 bits per heavy atom. The number of benzene rings is 1. The van der Waals surface area contributed by atoms with Crippen molar-refractivity contribution in [3.63, 3.8) is 0 Å². The largest absolute Gasteiger partial charge is 0.344 e. The van der Waals surface area contributed by atoms with Crippen molar-refractivity contribution in [1.29, 1.82) is 0 Å². The molecular weight excluding hydrogens is 200 g/mol. The van der Waals surface area contributed by atoms with Gasteiger partial charge in [-0.25, -0.2) is 0 Å². The van der Waals surface area contributed by atoms with Gasteiger partial charge >= 0.3 is 0 Å². The van der Waals surface area contributed by atoms with Crippen LogP contribution >= 0.6 is 0 Å². The van der Waals surface area contributed by atoms with E-state index in [1.54, 1.807) is 0 Å². The Morgan fingerprint density at radius 1 is 1.44 bits per heavy atom. The van der Waals surface area contributed by atoms with Crippen LogP contribution in [0.2, 0.25) is 0 Å². The molecule has 0 radical (unpaired) electrons. The van der Waals surface area contributed by atoms with Crippen LogP contribution in [0.4, 0.5) is 0 Å². The van der Waals surface area contributed by atoms with Crippen molar-refractivity contribution in [3.05, 3.63) is 34.9 Å². The molecule has 0 unspecified atom stereocenters. The van der Waals surface area contributed by atoms with E-state index in [0.717, 1.165) is 11.1 Å². The van der Waals surface area contributed by atoms with E-state index in [9.17, 15) is 4.79 Å². The fraction of sp³-hybridized carbons (Fsp3) is 0.308. The molecule has 3 heteroatoms. The van der Waals surface area contributed by atoms with Gasteiger partial charge in [-0.05, 0) is 25.5 Å². The lowest BCUT2D eigenvalue weighted by Gasteiger charge is -1.99. The highest BCUT2D eigenvalue weighted by molar-refractivity contribution is 5.77. The number of nitrogens with one attached hydrogen (secondary N) is 1. The predicted molar refractivity (Wildman–Crippen MR) is 64.9 cm³/mol. The predicted octanol–water partition coefficient (Wildman–Crippen LogP) is 0.730. The Labute approximate surface area is 96.0 Å². The van der Waals surface area contributed by atoms with E-state index in [2.05, 4.69) is 23.2 Å². The minimum Gasteiger partial charge on any atom is -0.344 e. The SMILES string of the molecule is Cc1ccc(C#CCNC(=O)CN)c(C)c1. The van der Waals surface area contributed by atoms with E-state index in [1.807, 2.05) is 26.0 Å². The molecule has 0 bridgehead atoms. The summed E-state index contributed by atoms with van der Waals surface area (Å²) in [6.07, 6.45) is 0. The Balaban J connectivity index is 2.60. The van der Waals surface area contributed by atoms with Crippen molar-refractivity contribution in [3.8, 4) is 11.8 Å². The van der Waals surface area contributed by atoms with Crippen molar-refractivity contribution in [2.24, 2.45) is 5.73 Å². The molecule has 0 aliphatic heterocycles. The number of rotatable bonds is 2. The van der Waals surface area contributed by atoms with Crippen LogP contribution in [0.5, 0.6) is 0 Å². The van der Waals surface area contributed by atoms with Crippen LogP contribution in [-0.2, 0) is 4.79 Å². The van der Waals surface area contributed by atoms with Crippen LogP contribution in [0.3, 0.4) is 0 Å². The van der Waals surface area contributed by atoms with Gasteiger partial charge < -0.3 is 11.1 Å². The maximum absolute atomic E-state index is 10.8. The van der Waals surface area contributed by atoms with Gasteiger partial charge in [-0.2, -0.15) is 0 Å². The van der Waals surface area contributed by atoms with E-state index in [-0.39, 0.29) is 12.5 Å². The minimum absolute atomic E-state index is 0.00520. The van der Waals surface area contributed by atoms with Crippen LogP contribution in [0.15, 0.2) is 18.2 Å². The molecule has 0 fully saturated rings. The average molecular weight is 216 g/mol. The summed E-state index contributed by atoms with van der Waals surface area (Å²) in [4.78, 5) is 10.8. The van der Waals surface area contributed by atoms with Gasteiger partial charge in [-0.15, -0.1) is 0 Å². The second-order valence-electron chi connectivity index (χ2n) is 3.60. The molecule has 0 atom stereocenters. The molecule has 1 aromatic carbocycles. The molecule has 0 aliphatic carbocycles. The summed E-state index contributed by atoms with van der Waals surface area (Å²) in [6.45, 7) is 4.41. The first-order chi connectivity index (χ1) is 7.63. The number of nitrogens with two attached hydrogens (primary N) is 1. The number of hydrogen-bond donors (Lipinski definition) is 2. The smallest absolute Gasteiger partial charge is 0.234 e. The zero-order chi connectivity index (χ0) is 12.0. The molecule has 0 aromatic heterocycles. The summed E-state index contributed by atoms with van der Waals surface area (Å²) >= 11 is 0. The van der Waals surface area contributed by atoms with Gasteiger partial charge in [0.2, 0.25) is 5.91 Å². The Bertz CT molecular complexity index is 441. The van der Waals surface area contributed by atoms with Crippen molar-refractivity contribution >= 4 is 5.91 Å². The summed E-state index contributed by atoms with van der Waals surface area (Å²) in [5, 5.41) is 2.60. The number of aryl methyl sites for hydroxylation is 2. The second kappa shape index (κ2) is 5.94. The summed E-state index contributed by atoms with van der Waals surface area (Å²) in [7, 11) is 0. The molecule has 1 aromatic rings. The van der Waals surface area contributed by atoms with Gasteiger partial charge in [-0.3, -0.25) is 4.79 Å². The molecule has 3 N–H and O–H groups in total. The standard InChI is InChI=1S/C13H16N2O/c1-10-5-6-12(11(2)8-10)4-3-7-15-13(16)9-14/h5-6,8H,7,9,14H2,1-2H3,(H,15,16). The van der Waals surface area contributed by atoms with Gasteiger partial charge in [-0.1, -0.05) is 29.5 Å². The van der Waals surface area contributed by atoms with Crippen molar-refractivity contribution in [2.45, 2.75) is 13.8 Å². The maximum Gasteiger partial charge on any atom is 0.234 e. The lowest BCUT2D eigenvalue weighted by molar-refractivity contribution is -0.119. The van der Waals surface area contributed by atoms with Crippen molar-refractivity contribution in [1.82, 2.24) is 5.32 Å². The summed E-state index contributed by atoms with van der Waals surface area (Å²) in [5.41, 5.74) is 8.51. The lowest BCUT2D eigenvalue weighted by atomic mass is 10.1. The van der Waals surface area contributed by atoms with Gasteiger partial charge in [0.1, 0.15) is 0 Å². The van der Waals surface area contributed by atoms with E-state index in [0.29, 0.717) is 6.54 Å². The Kier molecular flexibility index (Phi) is 4.56. The summed E-state index contributed by atoms with van der Waals surface area (Å²) in [6, 6.07) is 6.10. The van der Waals surface area contributed by atoms with Gasteiger partial charge in [0.15, 0.2) is 0 Å². The molecule has 16 heavy (non-hydrogen) atoms. The van der Waals surface area contributed by atoms with Gasteiger partial charge in [0, 0.05) is 5.56 Å². The molecule has 1 rings (SSSR count). The minimum atomic E-state index is -0.185.